The maximum absolute atomic E-state index is 11.7. The van der Waals surface area contributed by atoms with Crippen LogP contribution in [-0.2, 0) is 16.4 Å². The van der Waals surface area contributed by atoms with Gasteiger partial charge in [0.05, 0.1) is 11.4 Å². The monoisotopic (exact) mass is 313 g/mol. The number of nitrogens with two attached hydrogens (primary N) is 1. The molecule has 2 rings (SSSR count). The van der Waals surface area contributed by atoms with Gasteiger partial charge in [0.25, 0.3) is 0 Å². The van der Waals surface area contributed by atoms with Crippen molar-refractivity contribution >= 4 is 27.6 Å². The minimum Gasteiger partial charge on any atom is -0.370 e. The number of hydrogen-bond donors (Lipinski definition) is 1. The van der Waals surface area contributed by atoms with Crippen molar-refractivity contribution in [3.63, 3.8) is 0 Å². The summed E-state index contributed by atoms with van der Waals surface area (Å²) in [6.07, 6.45) is 1.21. The number of aliphatic imine (C=N–C) groups is 1. The zero-order valence-corrected chi connectivity index (χ0v) is 13.1. The number of sulfone groups is 1. The Balaban J connectivity index is 2.14. The summed E-state index contributed by atoms with van der Waals surface area (Å²) in [5, 5.41) is 0. The lowest BCUT2D eigenvalue weighted by molar-refractivity contribution is 0.455. The first-order valence-corrected chi connectivity index (χ1v) is 9.43. The van der Waals surface area contributed by atoms with Gasteiger partial charge in [0.1, 0.15) is 0 Å². The van der Waals surface area contributed by atoms with Crippen molar-refractivity contribution < 1.29 is 8.42 Å². The lowest BCUT2D eigenvalue weighted by Crippen LogP contribution is -2.42. The van der Waals surface area contributed by atoms with Gasteiger partial charge in [-0.25, -0.2) is 13.4 Å². The van der Waals surface area contributed by atoms with Crippen LogP contribution in [0.5, 0.6) is 0 Å². The molecule has 0 bridgehead atoms. The maximum Gasteiger partial charge on any atom is 0.191 e. The van der Waals surface area contributed by atoms with Gasteiger partial charge < -0.3 is 10.6 Å². The average Bonchev–Trinajstić information content (AvgIpc) is 2.45. The first-order chi connectivity index (χ1) is 9.48. The minimum absolute atomic E-state index is 0.290. The summed E-state index contributed by atoms with van der Waals surface area (Å²) in [4.78, 5) is 6.70. The van der Waals surface area contributed by atoms with Crippen molar-refractivity contribution in [2.45, 2.75) is 11.4 Å². The van der Waals surface area contributed by atoms with E-state index in [1.54, 1.807) is 18.2 Å². The lowest BCUT2D eigenvalue weighted by atomic mass is 10.2. The van der Waals surface area contributed by atoms with E-state index in [0.717, 1.165) is 24.6 Å². The van der Waals surface area contributed by atoms with Crippen LogP contribution in [0.2, 0.25) is 0 Å². The molecule has 0 spiro atoms. The summed E-state index contributed by atoms with van der Waals surface area (Å²) >= 11 is 1.90. The molecule has 0 unspecified atom stereocenters. The van der Waals surface area contributed by atoms with Crippen LogP contribution in [0.1, 0.15) is 5.56 Å². The number of hydrogen-bond acceptors (Lipinski definition) is 4. The molecule has 1 fully saturated rings. The first kappa shape index (κ1) is 15.2. The average molecular weight is 313 g/mol. The highest BCUT2D eigenvalue weighted by molar-refractivity contribution is 7.99. The molecule has 0 aliphatic carbocycles. The van der Waals surface area contributed by atoms with Gasteiger partial charge in [0.2, 0.25) is 0 Å². The van der Waals surface area contributed by atoms with E-state index in [2.05, 4.69) is 4.99 Å². The van der Waals surface area contributed by atoms with E-state index >= 15 is 0 Å². The van der Waals surface area contributed by atoms with Gasteiger partial charge in [-0.15, -0.1) is 0 Å². The zero-order valence-electron chi connectivity index (χ0n) is 11.4. The summed E-state index contributed by atoms with van der Waals surface area (Å²) in [7, 11) is -3.23. The van der Waals surface area contributed by atoms with Crippen LogP contribution in [0.4, 0.5) is 0 Å². The van der Waals surface area contributed by atoms with E-state index in [9.17, 15) is 8.42 Å². The van der Waals surface area contributed by atoms with Crippen LogP contribution in [0.3, 0.4) is 0 Å². The normalized spacial score (nSPS) is 17.2. The molecule has 0 aromatic heterocycles. The third-order valence-electron chi connectivity index (χ3n) is 3.12. The van der Waals surface area contributed by atoms with Crippen LogP contribution in [-0.4, -0.2) is 50.1 Å². The molecular formula is C13H19N3O2S2. The molecule has 7 heteroatoms. The molecule has 1 aromatic rings. The number of nitrogens with zero attached hydrogens (tertiary/aromatic N) is 2. The minimum atomic E-state index is -3.23. The maximum atomic E-state index is 11.7. The van der Waals surface area contributed by atoms with E-state index in [1.807, 2.05) is 22.7 Å². The van der Waals surface area contributed by atoms with Gasteiger partial charge >= 0.3 is 0 Å². The van der Waals surface area contributed by atoms with Crippen molar-refractivity contribution in [3.8, 4) is 0 Å². The second-order valence-corrected chi connectivity index (χ2v) is 7.86. The van der Waals surface area contributed by atoms with Crippen molar-refractivity contribution in [1.29, 1.82) is 0 Å². The highest BCUT2D eigenvalue weighted by Crippen LogP contribution is 2.16. The number of guanidine groups is 1. The van der Waals surface area contributed by atoms with Gasteiger partial charge in [0.15, 0.2) is 15.8 Å². The Bertz CT molecular complexity index is 593. The second kappa shape index (κ2) is 6.49. The van der Waals surface area contributed by atoms with E-state index in [4.69, 9.17) is 5.73 Å². The fraction of sp³-hybridized carbons (Fsp3) is 0.462. The fourth-order valence-corrected chi connectivity index (χ4v) is 3.89. The fourth-order valence-electron chi connectivity index (χ4n) is 2.05. The van der Waals surface area contributed by atoms with Gasteiger partial charge in [-0.3, -0.25) is 0 Å². The number of rotatable bonds is 3. The van der Waals surface area contributed by atoms with Gasteiger partial charge in [0, 0.05) is 30.9 Å². The second-order valence-electron chi connectivity index (χ2n) is 4.65. The standard InChI is InChI=1S/C13H19N3O2S2/c1-20(17,18)12-5-3-2-4-11(12)10-15-13(14)16-6-8-19-9-7-16/h2-5H,6-10H2,1H3,(H2,14,15). The topological polar surface area (TPSA) is 75.8 Å². The van der Waals surface area contributed by atoms with Crippen LogP contribution in [0.15, 0.2) is 34.2 Å². The van der Waals surface area contributed by atoms with Crippen LogP contribution >= 0.6 is 11.8 Å². The molecule has 5 nitrogen and oxygen atoms in total. The zero-order chi connectivity index (χ0) is 14.6. The number of thioether (sulfide) groups is 1. The summed E-state index contributed by atoms with van der Waals surface area (Å²) < 4.78 is 23.4. The van der Waals surface area contributed by atoms with Crippen molar-refractivity contribution in [2.24, 2.45) is 10.7 Å². The van der Waals surface area contributed by atoms with Crippen LogP contribution < -0.4 is 5.73 Å². The smallest absolute Gasteiger partial charge is 0.191 e. The molecule has 0 saturated carbocycles. The lowest BCUT2D eigenvalue weighted by Gasteiger charge is -2.27. The SMILES string of the molecule is CS(=O)(=O)c1ccccc1CN=C(N)N1CCSCC1. The Morgan fingerprint density at radius 1 is 1.35 bits per heavy atom. The van der Waals surface area contributed by atoms with Crippen molar-refractivity contribution in [1.82, 2.24) is 4.90 Å². The van der Waals surface area contributed by atoms with Gasteiger partial charge in [-0.1, -0.05) is 18.2 Å². The molecule has 1 saturated heterocycles. The third kappa shape index (κ3) is 3.89. The molecule has 1 heterocycles. The Hall–Kier alpha value is -1.21. The number of benzene rings is 1. The van der Waals surface area contributed by atoms with Crippen LogP contribution in [0, 0.1) is 0 Å². The Kier molecular flexibility index (Phi) is 4.93. The molecule has 0 atom stereocenters. The third-order valence-corrected chi connectivity index (χ3v) is 5.26. The van der Waals surface area contributed by atoms with Gasteiger partial charge in [-0.05, 0) is 11.6 Å². The Morgan fingerprint density at radius 2 is 2.00 bits per heavy atom. The van der Waals surface area contributed by atoms with Crippen molar-refractivity contribution in [2.75, 3.05) is 30.9 Å². The highest BCUT2D eigenvalue weighted by Gasteiger charge is 2.14. The summed E-state index contributed by atoms with van der Waals surface area (Å²) in [6, 6.07) is 6.91. The molecule has 2 N–H and O–H groups in total. The molecule has 20 heavy (non-hydrogen) atoms. The van der Waals surface area contributed by atoms with E-state index in [0.29, 0.717) is 23.0 Å². The predicted molar refractivity (Wildman–Crippen MR) is 83.8 cm³/mol. The Labute approximate surface area is 124 Å². The molecule has 0 radical (unpaired) electrons. The summed E-state index contributed by atoms with van der Waals surface area (Å²) in [5.74, 6) is 2.60. The van der Waals surface area contributed by atoms with E-state index in [1.165, 1.54) is 6.26 Å². The molecule has 0 amide bonds. The van der Waals surface area contributed by atoms with Gasteiger partial charge in [-0.2, -0.15) is 11.8 Å². The predicted octanol–water partition coefficient (Wildman–Crippen LogP) is 0.954. The largest absolute Gasteiger partial charge is 0.370 e. The molecule has 1 aliphatic heterocycles. The van der Waals surface area contributed by atoms with Crippen molar-refractivity contribution in [3.05, 3.63) is 29.8 Å². The molecule has 110 valence electrons. The molecule has 1 aliphatic rings. The van der Waals surface area contributed by atoms with E-state index < -0.39 is 9.84 Å². The first-order valence-electron chi connectivity index (χ1n) is 6.39. The summed E-state index contributed by atoms with van der Waals surface area (Å²) in [6.45, 7) is 2.08. The van der Waals surface area contributed by atoms with E-state index in [-0.39, 0.29) is 0 Å². The summed E-state index contributed by atoms with van der Waals surface area (Å²) in [5.41, 5.74) is 6.66. The molecular weight excluding hydrogens is 294 g/mol. The van der Waals surface area contributed by atoms with Crippen LogP contribution in [0.25, 0.3) is 0 Å². The Morgan fingerprint density at radius 3 is 2.65 bits per heavy atom. The molecule has 1 aromatic carbocycles. The quantitative estimate of drug-likeness (QED) is 0.664. The highest BCUT2D eigenvalue weighted by atomic mass is 32.2.